The molecule has 1 amide bonds. The molecule has 0 bridgehead atoms. The number of aromatic nitrogens is 3. The Kier molecular flexibility index (Phi) is 7.98. The number of hydrogen-bond donors (Lipinski definition) is 4. The Morgan fingerprint density at radius 3 is 2.56 bits per heavy atom. The van der Waals surface area contributed by atoms with E-state index >= 15 is 0 Å². The van der Waals surface area contributed by atoms with Crippen molar-refractivity contribution >= 4 is 39.0 Å². The molecule has 1 unspecified atom stereocenters. The number of carbonyl (C=O) groups excluding carboxylic acids is 1. The number of nitrogens with one attached hydrogen (secondary N) is 1. The van der Waals surface area contributed by atoms with Gasteiger partial charge in [0.2, 0.25) is 5.88 Å². The van der Waals surface area contributed by atoms with E-state index in [1.54, 1.807) is 30.5 Å². The first-order chi connectivity index (χ1) is 19.5. The third-order valence-electron chi connectivity index (χ3n) is 7.05. The summed E-state index contributed by atoms with van der Waals surface area (Å²) in [5, 5.41) is 13.7. The normalized spacial score (nSPS) is 15.3. The van der Waals surface area contributed by atoms with Gasteiger partial charge in [-0.15, -0.1) is 11.3 Å². The van der Waals surface area contributed by atoms with Crippen LogP contribution in [0.2, 0.25) is 0 Å². The summed E-state index contributed by atoms with van der Waals surface area (Å²) >= 11 is 0.760. The molecule has 1 saturated heterocycles. The molecule has 41 heavy (non-hydrogen) atoms. The summed E-state index contributed by atoms with van der Waals surface area (Å²) in [6, 6.07) is 8.26. The van der Waals surface area contributed by atoms with Gasteiger partial charge in [0.05, 0.1) is 30.2 Å². The molecule has 1 fully saturated rings. The zero-order valence-electron chi connectivity index (χ0n) is 22.0. The number of fused-ring (bicyclic) bond motifs is 1. The van der Waals surface area contributed by atoms with Crippen molar-refractivity contribution in [1.29, 1.82) is 0 Å². The number of nitrogen functional groups attached to an aromatic ring is 1. The van der Waals surface area contributed by atoms with Gasteiger partial charge in [-0.2, -0.15) is 13.2 Å². The van der Waals surface area contributed by atoms with E-state index in [-0.39, 0.29) is 32.6 Å². The van der Waals surface area contributed by atoms with Crippen LogP contribution in [-0.2, 0) is 6.18 Å². The number of halogens is 3. The van der Waals surface area contributed by atoms with Crippen LogP contribution in [0.5, 0.6) is 5.88 Å². The maximum atomic E-state index is 13.9. The lowest BCUT2D eigenvalue weighted by Gasteiger charge is -2.34. The summed E-state index contributed by atoms with van der Waals surface area (Å²) in [7, 11) is 1.54. The van der Waals surface area contributed by atoms with Gasteiger partial charge in [-0.25, -0.2) is 9.97 Å². The molecule has 0 aliphatic carbocycles. The average Bonchev–Trinajstić information content (AvgIpc) is 3.31. The molecule has 6 N–H and O–H groups in total. The summed E-state index contributed by atoms with van der Waals surface area (Å²) in [6.07, 6.45) is -0.921. The van der Waals surface area contributed by atoms with Gasteiger partial charge in [-0.1, -0.05) is 6.07 Å². The molecule has 4 aromatic rings. The molecule has 0 aromatic carbocycles. The Morgan fingerprint density at radius 1 is 1.22 bits per heavy atom. The zero-order chi connectivity index (χ0) is 29.3. The highest BCUT2D eigenvalue weighted by Gasteiger charge is 2.37. The van der Waals surface area contributed by atoms with Crippen molar-refractivity contribution < 1.29 is 27.8 Å². The molecule has 4 aromatic heterocycles. The largest absolute Gasteiger partial charge is 0.481 e. The quantitative estimate of drug-likeness (QED) is 0.241. The van der Waals surface area contributed by atoms with Crippen molar-refractivity contribution in [2.45, 2.75) is 31.2 Å². The van der Waals surface area contributed by atoms with Gasteiger partial charge in [0.15, 0.2) is 0 Å². The highest BCUT2D eigenvalue weighted by Crippen LogP contribution is 2.43. The molecule has 5 rings (SSSR count). The van der Waals surface area contributed by atoms with E-state index in [1.165, 1.54) is 0 Å². The summed E-state index contributed by atoms with van der Waals surface area (Å²) in [5.41, 5.74) is 12.1. The van der Waals surface area contributed by atoms with Crippen molar-refractivity contribution in [1.82, 2.24) is 20.3 Å². The maximum Gasteiger partial charge on any atom is 0.417 e. The van der Waals surface area contributed by atoms with E-state index in [0.717, 1.165) is 23.0 Å². The monoisotopic (exact) mass is 587 g/mol. The molecule has 1 atom stereocenters. The summed E-state index contributed by atoms with van der Waals surface area (Å²) < 4.78 is 46.8. The van der Waals surface area contributed by atoms with Crippen molar-refractivity contribution in [3.63, 3.8) is 0 Å². The fourth-order valence-corrected chi connectivity index (χ4v) is 5.78. The average molecular weight is 588 g/mol. The fourth-order valence-electron chi connectivity index (χ4n) is 4.81. The van der Waals surface area contributed by atoms with Crippen LogP contribution in [0.4, 0.5) is 24.7 Å². The highest BCUT2D eigenvalue weighted by molar-refractivity contribution is 7.21. The second-order valence-electron chi connectivity index (χ2n) is 9.67. The van der Waals surface area contributed by atoms with Crippen LogP contribution in [0.1, 0.15) is 39.7 Å². The minimum Gasteiger partial charge on any atom is -0.481 e. The number of alkyl halides is 3. The molecule has 216 valence electrons. The molecule has 10 nitrogen and oxygen atoms in total. The number of anilines is 2. The minimum absolute atomic E-state index is 0.0207. The number of aliphatic hydroxyl groups is 1. The summed E-state index contributed by atoms with van der Waals surface area (Å²) in [5.74, 6) is -0.220. The number of amides is 1. The standard InChI is InChI=1S/C27H28F3N7O3S/c1-40-21-5-3-14(11-35-21)18-4-2-15(12-34-18)19(38)13-33-16-6-8-37(9-7-16)20-10-17(27(28,29)30)22-23(31)24(25(32)39)41-26(22)36-20/h2-5,10-12,16,19,33,38H,6-9,13,31H2,1H3,(H2,32,39). The molecule has 5 heterocycles. The maximum absolute atomic E-state index is 13.9. The van der Waals surface area contributed by atoms with Crippen LogP contribution in [0.3, 0.4) is 0 Å². The molecule has 0 saturated carbocycles. The van der Waals surface area contributed by atoms with Gasteiger partial charge < -0.3 is 31.5 Å². The van der Waals surface area contributed by atoms with E-state index in [4.69, 9.17) is 16.2 Å². The van der Waals surface area contributed by atoms with Gasteiger partial charge in [-0.3, -0.25) is 9.78 Å². The minimum atomic E-state index is -4.69. The number of primary amides is 1. The number of hydrogen-bond acceptors (Lipinski definition) is 10. The molecular weight excluding hydrogens is 559 g/mol. The third kappa shape index (κ3) is 6.04. The number of nitrogens with zero attached hydrogens (tertiary/aromatic N) is 4. The van der Waals surface area contributed by atoms with Crippen LogP contribution in [0.15, 0.2) is 42.7 Å². The van der Waals surface area contributed by atoms with Crippen LogP contribution in [-0.4, -0.2) is 58.8 Å². The van der Waals surface area contributed by atoms with E-state index in [2.05, 4.69) is 20.3 Å². The van der Waals surface area contributed by atoms with Gasteiger partial charge in [0.1, 0.15) is 15.5 Å². The second kappa shape index (κ2) is 11.5. The zero-order valence-corrected chi connectivity index (χ0v) is 22.8. The Bertz CT molecular complexity index is 1540. The van der Waals surface area contributed by atoms with Crippen LogP contribution >= 0.6 is 11.3 Å². The summed E-state index contributed by atoms with van der Waals surface area (Å²) in [4.78, 5) is 26.3. The topological polar surface area (TPSA) is 153 Å². The van der Waals surface area contributed by atoms with Crippen molar-refractivity contribution in [2.75, 3.05) is 37.4 Å². The first-order valence-electron chi connectivity index (χ1n) is 12.8. The predicted octanol–water partition coefficient (Wildman–Crippen LogP) is 3.75. The van der Waals surface area contributed by atoms with Crippen molar-refractivity contribution in [3.8, 4) is 17.1 Å². The number of aliphatic hydroxyl groups excluding tert-OH is 1. The second-order valence-corrected chi connectivity index (χ2v) is 10.7. The van der Waals surface area contributed by atoms with Crippen molar-refractivity contribution in [3.05, 3.63) is 58.7 Å². The van der Waals surface area contributed by atoms with Crippen LogP contribution in [0.25, 0.3) is 21.5 Å². The predicted molar refractivity (Wildman–Crippen MR) is 150 cm³/mol. The van der Waals surface area contributed by atoms with Crippen molar-refractivity contribution in [2.24, 2.45) is 5.73 Å². The van der Waals surface area contributed by atoms with E-state index in [1.807, 2.05) is 18.2 Å². The molecule has 1 aliphatic rings. The molecule has 0 radical (unpaired) electrons. The number of nitrogens with two attached hydrogens (primary N) is 2. The Labute approximate surface area is 237 Å². The van der Waals surface area contributed by atoms with Crippen LogP contribution < -0.4 is 26.4 Å². The Morgan fingerprint density at radius 2 is 1.98 bits per heavy atom. The molecule has 14 heteroatoms. The number of pyridine rings is 3. The number of ether oxygens (including phenoxy) is 1. The number of carbonyl (C=O) groups is 1. The fraction of sp³-hybridized carbons (Fsp3) is 0.333. The van der Waals surface area contributed by atoms with E-state index in [0.29, 0.717) is 49.6 Å². The van der Waals surface area contributed by atoms with Gasteiger partial charge in [-0.05, 0) is 31.0 Å². The lowest BCUT2D eigenvalue weighted by molar-refractivity contribution is -0.136. The van der Waals surface area contributed by atoms with Gasteiger partial charge in [0.25, 0.3) is 5.91 Å². The van der Waals surface area contributed by atoms with Gasteiger partial charge in [0, 0.05) is 60.6 Å². The molecular formula is C27H28F3N7O3S. The lowest BCUT2D eigenvalue weighted by atomic mass is 10.0. The first kappa shape index (κ1) is 28.5. The lowest BCUT2D eigenvalue weighted by Crippen LogP contribution is -2.44. The molecule has 1 aliphatic heterocycles. The molecule has 0 spiro atoms. The van der Waals surface area contributed by atoms with Crippen LogP contribution in [0, 0.1) is 0 Å². The SMILES string of the molecule is COc1ccc(-c2ccc(C(O)CNC3CCN(c4cc(C(F)(F)F)c5c(N)c(C(N)=O)sc5n4)CC3)cn2)cn1. The smallest absolute Gasteiger partial charge is 0.417 e. The summed E-state index contributed by atoms with van der Waals surface area (Å²) in [6.45, 7) is 1.21. The Balaban J connectivity index is 1.20. The number of methoxy groups -OCH3 is 1. The number of thiophene rings is 1. The Hall–Kier alpha value is -4.01. The van der Waals surface area contributed by atoms with E-state index in [9.17, 15) is 23.1 Å². The highest BCUT2D eigenvalue weighted by atomic mass is 32.1. The number of piperidine rings is 1. The van der Waals surface area contributed by atoms with E-state index < -0.39 is 23.8 Å². The number of rotatable bonds is 8. The third-order valence-corrected chi connectivity index (χ3v) is 8.16. The van der Waals surface area contributed by atoms with Gasteiger partial charge >= 0.3 is 6.18 Å². The first-order valence-corrected chi connectivity index (χ1v) is 13.6.